The fraction of sp³-hybridized carbons (Fsp3) is 0.462. The highest BCUT2D eigenvalue weighted by Gasteiger charge is 2.31. The molecule has 0 spiro atoms. The van der Waals surface area contributed by atoms with Gasteiger partial charge in [-0.1, -0.05) is 47.8 Å². The zero-order valence-corrected chi connectivity index (χ0v) is 21.2. The molecule has 0 saturated heterocycles. The number of aryl methyl sites for hydroxylation is 1. The van der Waals surface area contributed by atoms with Crippen LogP contribution in [0.4, 0.5) is 0 Å². The summed E-state index contributed by atoms with van der Waals surface area (Å²) in [7, 11) is 1.61. The molecule has 6 nitrogen and oxygen atoms in total. The lowest BCUT2D eigenvalue weighted by atomic mass is 10.1. The van der Waals surface area contributed by atoms with E-state index in [4.69, 9.17) is 9.47 Å². The lowest BCUT2D eigenvalue weighted by Crippen LogP contribution is -2.52. The van der Waals surface area contributed by atoms with Crippen LogP contribution in [0.1, 0.15) is 50.2 Å². The summed E-state index contributed by atoms with van der Waals surface area (Å²) in [6, 6.07) is 12.8. The van der Waals surface area contributed by atoms with Crippen molar-refractivity contribution in [2.45, 2.75) is 64.6 Å². The Morgan fingerprint density at radius 2 is 1.91 bits per heavy atom. The minimum absolute atomic E-state index is 0.0971. The van der Waals surface area contributed by atoms with Crippen molar-refractivity contribution in [3.63, 3.8) is 0 Å². The van der Waals surface area contributed by atoms with E-state index in [9.17, 15) is 9.59 Å². The van der Waals surface area contributed by atoms with Crippen molar-refractivity contribution in [1.82, 2.24) is 10.2 Å². The van der Waals surface area contributed by atoms with Crippen LogP contribution in [0.3, 0.4) is 0 Å². The summed E-state index contributed by atoms with van der Waals surface area (Å²) < 4.78 is 12.1. The molecule has 7 heteroatoms. The number of carbonyl (C=O) groups is 2. The van der Waals surface area contributed by atoms with Crippen LogP contribution in [0.5, 0.6) is 11.5 Å². The topological polar surface area (TPSA) is 67.9 Å². The van der Waals surface area contributed by atoms with Gasteiger partial charge < -0.3 is 19.7 Å². The average Bonchev–Trinajstić information content (AvgIpc) is 3.32. The third kappa shape index (κ3) is 6.97. The monoisotopic (exact) mass is 516 g/mol. The van der Waals surface area contributed by atoms with Gasteiger partial charge in [-0.2, -0.15) is 0 Å². The second kappa shape index (κ2) is 12.1. The molecular weight excluding hydrogens is 484 g/mol. The Bertz CT molecular complexity index is 959. The van der Waals surface area contributed by atoms with Gasteiger partial charge in [0.15, 0.2) is 6.61 Å². The number of hydrogen-bond acceptors (Lipinski definition) is 4. The Morgan fingerprint density at radius 3 is 2.58 bits per heavy atom. The highest BCUT2D eigenvalue weighted by molar-refractivity contribution is 9.10. The van der Waals surface area contributed by atoms with E-state index < -0.39 is 6.04 Å². The normalized spacial score (nSPS) is 14.5. The lowest BCUT2D eigenvalue weighted by Gasteiger charge is -2.31. The quantitative estimate of drug-likeness (QED) is 0.481. The Kier molecular flexibility index (Phi) is 9.18. The molecule has 2 aromatic carbocycles. The number of benzene rings is 2. The Morgan fingerprint density at radius 1 is 1.15 bits per heavy atom. The third-order valence-corrected chi connectivity index (χ3v) is 6.96. The molecule has 0 radical (unpaired) electrons. The van der Waals surface area contributed by atoms with Crippen LogP contribution < -0.4 is 14.8 Å². The summed E-state index contributed by atoms with van der Waals surface area (Å²) in [5, 5.41) is 3.16. The molecule has 1 fully saturated rings. The molecule has 0 aliphatic heterocycles. The maximum absolute atomic E-state index is 13.3. The van der Waals surface area contributed by atoms with Gasteiger partial charge in [0.05, 0.1) is 7.11 Å². The smallest absolute Gasteiger partial charge is 0.261 e. The van der Waals surface area contributed by atoms with Gasteiger partial charge in [0.2, 0.25) is 5.91 Å². The van der Waals surface area contributed by atoms with E-state index in [2.05, 4.69) is 21.2 Å². The average molecular weight is 517 g/mol. The van der Waals surface area contributed by atoms with E-state index in [1.807, 2.05) is 56.3 Å². The van der Waals surface area contributed by atoms with Crippen molar-refractivity contribution < 1.29 is 19.1 Å². The van der Waals surface area contributed by atoms with Gasteiger partial charge in [-0.05, 0) is 67.6 Å². The van der Waals surface area contributed by atoms with Gasteiger partial charge in [-0.15, -0.1) is 0 Å². The van der Waals surface area contributed by atoms with Crippen LogP contribution in [-0.2, 0) is 16.1 Å². The van der Waals surface area contributed by atoms with Gasteiger partial charge >= 0.3 is 0 Å². The van der Waals surface area contributed by atoms with Gasteiger partial charge in [0, 0.05) is 17.1 Å². The summed E-state index contributed by atoms with van der Waals surface area (Å²) in [5.74, 6) is 1.01. The fourth-order valence-electron chi connectivity index (χ4n) is 4.19. The van der Waals surface area contributed by atoms with Crippen molar-refractivity contribution in [2.24, 2.45) is 0 Å². The largest absolute Gasteiger partial charge is 0.497 e. The van der Waals surface area contributed by atoms with Crippen molar-refractivity contribution >= 4 is 27.7 Å². The van der Waals surface area contributed by atoms with Crippen molar-refractivity contribution in [3.8, 4) is 11.5 Å². The van der Waals surface area contributed by atoms with Crippen LogP contribution in [0.25, 0.3) is 0 Å². The van der Waals surface area contributed by atoms with Gasteiger partial charge in [0.25, 0.3) is 5.91 Å². The van der Waals surface area contributed by atoms with E-state index in [-0.39, 0.29) is 24.5 Å². The van der Waals surface area contributed by atoms with E-state index in [0.29, 0.717) is 24.5 Å². The molecule has 0 heterocycles. The molecule has 1 aliphatic rings. The van der Waals surface area contributed by atoms with Gasteiger partial charge in [-0.3, -0.25) is 9.59 Å². The number of hydrogen-bond donors (Lipinski definition) is 1. The molecule has 0 aromatic heterocycles. The molecule has 33 heavy (non-hydrogen) atoms. The van der Waals surface area contributed by atoms with Crippen LogP contribution >= 0.6 is 15.9 Å². The van der Waals surface area contributed by atoms with Gasteiger partial charge in [-0.25, -0.2) is 0 Å². The molecule has 178 valence electrons. The summed E-state index contributed by atoms with van der Waals surface area (Å²) >= 11 is 3.48. The molecule has 2 amide bonds. The number of nitrogens with zero attached hydrogens (tertiary/aromatic N) is 1. The highest BCUT2D eigenvalue weighted by Crippen LogP contribution is 2.23. The number of nitrogens with one attached hydrogen (secondary N) is 1. The van der Waals surface area contributed by atoms with Crippen molar-refractivity contribution in [2.75, 3.05) is 13.7 Å². The molecule has 1 N–H and O–H groups in total. The summed E-state index contributed by atoms with van der Waals surface area (Å²) in [6.07, 6.45) is 4.78. The second-order valence-corrected chi connectivity index (χ2v) is 9.34. The zero-order valence-electron chi connectivity index (χ0n) is 19.6. The molecular formula is C26H33BrN2O4. The summed E-state index contributed by atoms with van der Waals surface area (Å²) in [6.45, 7) is 4.06. The zero-order chi connectivity index (χ0) is 23.8. The number of carbonyl (C=O) groups excluding carboxylic acids is 2. The fourth-order valence-corrected chi connectivity index (χ4v) is 4.44. The Balaban J connectivity index is 1.78. The Labute approximate surface area is 204 Å². The first-order chi connectivity index (χ1) is 15.9. The summed E-state index contributed by atoms with van der Waals surface area (Å²) in [5.41, 5.74) is 1.92. The molecule has 2 aromatic rings. The van der Waals surface area contributed by atoms with Crippen LogP contribution in [0.15, 0.2) is 46.9 Å². The molecule has 1 saturated carbocycles. The Hall–Kier alpha value is -2.54. The lowest BCUT2D eigenvalue weighted by molar-refractivity contribution is -0.143. The standard InChI is InChI=1S/C26H33BrN2O4/c1-4-24(26(31)28-20-9-5-6-10-20)29(16-19-8-7-11-21(15-19)32-3)25(30)17-33-22-12-13-23(27)18(2)14-22/h7-8,11-15,20,24H,4-6,9-10,16-17H2,1-3H3,(H,28,31). The van der Waals surface area contributed by atoms with Gasteiger partial charge in [0.1, 0.15) is 17.5 Å². The maximum Gasteiger partial charge on any atom is 0.261 e. The van der Waals surface area contributed by atoms with Crippen molar-refractivity contribution in [3.05, 3.63) is 58.1 Å². The first-order valence-electron chi connectivity index (χ1n) is 11.5. The van der Waals surface area contributed by atoms with Crippen molar-refractivity contribution in [1.29, 1.82) is 0 Å². The SMILES string of the molecule is CCC(C(=O)NC1CCCC1)N(Cc1cccc(OC)c1)C(=O)COc1ccc(Br)c(C)c1. The van der Waals surface area contributed by atoms with Crippen LogP contribution in [0, 0.1) is 6.92 Å². The highest BCUT2D eigenvalue weighted by atomic mass is 79.9. The third-order valence-electron chi connectivity index (χ3n) is 6.07. The van der Waals surface area contributed by atoms with E-state index in [1.54, 1.807) is 12.0 Å². The molecule has 0 bridgehead atoms. The number of halogens is 1. The number of rotatable bonds is 10. The number of ether oxygens (including phenoxy) is 2. The minimum atomic E-state index is -0.570. The van der Waals surface area contributed by atoms with E-state index >= 15 is 0 Å². The van der Waals surface area contributed by atoms with E-state index in [1.165, 1.54) is 0 Å². The predicted molar refractivity (Wildman–Crippen MR) is 132 cm³/mol. The second-order valence-electron chi connectivity index (χ2n) is 8.49. The molecule has 1 atom stereocenters. The van der Waals surface area contributed by atoms with Crippen LogP contribution in [-0.4, -0.2) is 42.5 Å². The number of amides is 2. The molecule has 1 unspecified atom stereocenters. The molecule has 3 rings (SSSR count). The van der Waals surface area contributed by atoms with Crippen LogP contribution in [0.2, 0.25) is 0 Å². The van der Waals surface area contributed by atoms with E-state index in [0.717, 1.165) is 41.3 Å². The summed E-state index contributed by atoms with van der Waals surface area (Å²) in [4.78, 5) is 28.1. The minimum Gasteiger partial charge on any atom is -0.497 e. The maximum atomic E-state index is 13.3. The first-order valence-corrected chi connectivity index (χ1v) is 12.3. The molecule has 1 aliphatic carbocycles. The predicted octanol–water partition coefficient (Wildman–Crippen LogP) is 5.01. The number of methoxy groups -OCH3 is 1. The first kappa shape index (κ1) is 25.1.